The van der Waals surface area contributed by atoms with Gasteiger partial charge in [-0.15, -0.1) is 0 Å². The van der Waals surface area contributed by atoms with E-state index in [0.717, 1.165) is 46.1 Å². The third-order valence-corrected chi connectivity index (χ3v) is 7.65. The van der Waals surface area contributed by atoms with Crippen LogP contribution < -0.4 is 11.0 Å². The number of hydrogen-bond donors (Lipinski definition) is 1. The molecule has 36 heavy (non-hydrogen) atoms. The quantitative estimate of drug-likeness (QED) is 0.212. The van der Waals surface area contributed by atoms with Crippen LogP contribution in [0.15, 0.2) is 93.2 Å². The van der Waals surface area contributed by atoms with Gasteiger partial charge in [-0.3, -0.25) is 9.36 Å². The summed E-state index contributed by atoms with van der Waals surface area (Å²) in [6, 6.07) is 26.4. The van der Waals surface area contributed by atoms with Gasteiger partial charge in [0.2, 0.25) is 5.95 Å². The highest BCUT2D eigenvalue weighted by Crippen LogP contribution is 2.42. The molecule has 0 amide bonds. The zero-order valence-electron chi connectivity index (χ0n) is 20.5. The Balaban J connectivity index is 1.60. The predicted molar refractivity (Wildman–Crippen MR) is 151 cm³/mol. The van der Waals surface area contributed by atoms with Crippen LogP contribution in [0.5, 0.6) is 0 Å². The maximum Gasteiger partial charge on any atom is 0.259 e. The summed E-state index contributed by atoms with van der Waals surface area (Å²) in [5.74, 6) is 0.457. The van der Waals surface area contributed by atoms with Gasteiger partial charge in [0.15, 0.2) is 0 Å². The molecule has 3 aromatic carbocycles. The van der Waals surface area contributed by atoms with E-state index in [1.54, 1.807) is 10.8 Å². The Labute approximate surface area is 220 Å². The number of anilines is 1. The average molecular weight is 541 g/mol. The average Bonchev–Trinajstić information content (AvgIpc) is 2.90. The van der Waals surface area contributed by atoms with E-state index in [4.69, 9.17) is 4.98 Å². The summed E-state index contributed by atoms with van der Waals surface area (Å²) in [5, 5.41) is 4.45. The van der Waals surface area contributed by atoms with E-state index in [1.165, 1.54) is 11.1 Å². The number of nitrogens with one attached hydrogen (secondary N) is 1. The Morgan fingerprint density at radius 2 is 1.78 bits per heavy atom. The molecule has 4 aromatic rings. The second-order valence-corrected chi connectivity index (χ2v) is 10.4. The van der Waals surface area contributed by atoms with Crippen LogP contribution in [-0.2, 0) is 24.8 Å². The number of benzene rings is 3. The lowest BCUT2D eigenvalue weighted by Gasteiger charge is -2.35. The molecule has 1 unspecified atom stereocenters. The summed E-state index contributed by atoms with van der Waals surface area (Å²) in [7, 11) is 0. The normalized spacial score (nSPS) is 16.5. The highest BCUT2D eigenvalue weighted by Gasteiger charge is 2.38. The second kappa shape index (κ2) is 10.2. The number of hydrogen-bond acceptors (Lipinski definition) is 4. The van der Waals surface area contributed by atoms with Crippen LogP contribution in [0.4, 0.5) is 5.95 Å². The van der Waals surface area contributed by atoms with Crippen molar-refractivity contribution in [2.24, 2.45) is 5.10 Å². The zero-order chi connectivity index (χ0) is 25.1. The van der Waals surface area contributed by atoms with Gasteiger partial charge in [-0.2, -0.15) is 5.10 Å². The van der Waals surface area contributed by atoms with Crippen LogP contribution in [0.3, 0.4) is 0 Å². The molecule has 0 spiro atoms. The Hall–Kier alpha value is -3.51. The van der Waals surface area contributed by atoms with Crippen molar-refractivity contribution in [1.29, 1.82) is 0 Å². The minimum atomic E-state index is -0.276. The minimum Gasteiger partial charge on any atom is -0.277 e. The van der Waals surface area contributed by atoms with Gasteiger partial charge in [0.05, 0.1) is 17.5 Å². The van der Waals surface area contributed by atoms with Crippen molar-refractivity contribution in [3.8, 4) is 11.3 Å². The van der Waals surface area contributed by atoms with E-state index in [2.05, 4.69) is 70.6 Å². The summed E-state index contributed by atoms with van der Waals surface area (Å²) in [6.07, 6.45) is 4.16. The molecule has 182 valence electrons. The third kappa shape index (κ3) is 4.78. The molecule has 1 heterocycles. The number of hydrazone groups is 1. The lowest BCUT2D eigenvalue weighted by molar-refractivity contribution is 0.434. The van der Waals surface area contributed by atoms with Crippen LogP contribution >= 0.6 is 15.9 Å². The number of aryl methyl sites for hydroxylation is 1. The number of nitrogens with zero attached hydrogens (tertiary/aromatic N) is 3. The van der Waals surface area contributed by atoms with Gasteiger partial charge in [-0.05, 0) is 48.1 Å². The Kier molecular flexibility index (Phi) is 6.88. The summed E-state index contributed by atoms with van der Waals surface area (Å²) < 4.78 is 2.77. The number of fused-ring (bicyclic) bond motifs is 3. The monoisotopic (exact) mass is 540 g/mol. The maximum atomic E-state index is 14.1. The molecule has 0 fully saturated rings. The van der Waals surface area contributed by atoms with Gasteiger partial charge in [-0.25, -0.2) is 10.4 Å². The highest BCUT2D eigenvalue weighted by atomic mass is 79.9. The van der Waals surface area contributed by atoms with Gasteiger partial charge in [0.1, 0.15) is 0 Å². The van der Waals surface area contributed by atoms with Crippen LogP contribution in [0.1, 0.15) is 42.5 Å². The summed E-state index contributed by atoms with van der Waals surface area (Å²) in [6.45, 7) is 4.85. The fourth-order valence-electron chi connectivity index (χ4n) is 4.90. The summed E-state index contributed by atoms with van der Waals surface area (Å²) in [5.41, 5.74) is 8.78. The van der Waals surface area contributed by atoms with Crippen molar-refractivity contribution < 1.29 is 0 Å². The lowest BCUT2D eigenvalue weighted by atomic mass is 9.69. The third-order valence-electron chi connectivity index (χ3n) is 7.12. The molecule has 0 saturated carbocycles. The first-order valence-corrected chi connectivity index (χ1v) is 13.1. The summed E-state index contributed by atoms with van der Waals surface area (Å²) in [4.78, 5) is 19.2. The Morgan fingerprint density at radius 1 is 1.06 bits per heavy atom. The largest absolute Gasteiger partial charge is 0.277 e. The zero-order valence-corrected chi connectivity index (χ0v) is 22.1. The van der Waals surface area contributed by atoms with Gasteiger partial charge in [-0.1, -0.05) is 96.5 Å². The number of aromatic nitrogens is 2. The molecule has 5 rings (SSSR count). The van der Waals surface area contributed by atoms with Gasteiger partial charge in [0.25, 0.3) is 5.56 Å². The molecule has 0 radical (unpaired) electrons. The van der Waals surface area contributed by atoms with Crippen LogP contribution in [0.25, 0.3) is 11.3 Å². The molecule has 0 saturated heterocycles. The van der Waals surface area contributed by atoms with Gasteiger partial charge >= 0.3 is 0 Å². The molecule has 1 atom stereocenters. The first-order valence-electron chi connectivity index (χ1n) is 12.3. The molecular weight excluding hydrogens is 512 g/mol. The Morgan fingerprint density at radius 3 is 2.53 bits per heavy atom. The molecule has 0 bridgehead atoms. The first-order chi connectivity index (χ1) is 17.5. The van der Waals surface area contributed by atoms with E-state index in [1.807, 2.05) is 48.5 Å². The molecule has 1 N–H and O–H groups in total. The van der Waals surface area contributed by atoms with Gasteiger partial charge in [0, 0.05) is 22.0 Å². The predicted octanol–water partition coefficient (Wildman–Crippen LogP) is 6.59. The second-order valence-electron chi connectivity index (χ2n) is 9.52. The van der Waals surface area contributed by atoms with E-state index in [9.17, 15) is 4.79 Å². The van der Waals surface area contributed by atoms with Crippen molar-refractivity contribution in [3.63, 3.8) is 0 Å². The number of rotatable bonds is 7. The highest BCUT2D eigenvalue weighted by molar-refractivity contribution is 9.10. The molecule has 5 nitrogen and oxygen atoms in total. The SMILES string of the molecule is CCC1(C)Cc2ccccc2-c2nc(NN=Cc3ccc(Br)cc3)n(CCc3ccccc3)c(=O)c21. The van der Waals surface area contributed by atoms with Crippen LogP contribution in [0.2, 0.25) is 0 Å². The van der Waals surface area contributed by atoms with Crippen molar-refractivity contribution in [1.82, 2.24) is 9.55 Å². The molecule has 1 aliphatic carbocycles. The Bertz CT molecular complexity index is 1460. The molecule has 6 heteroatoms. The van der Waals surface area contributed by atoms with E-state index in [0.29, 0.717) is 12.5 Å². The van der Waals surface area contributed by atoms with E-state index >= 15 is 0 Å². The van der Waals surface area contributed by atoms with Gasteiger partial charge < -0.3 is 0 Å². The fourth-order valence-corrected chi connectivity index (χ4v) is 5.17. The van der Waals surface area contributed by atoms with Crippen LogP contribution in [-0.4, -0.2) is 15.8 Å². The van der Waals surface area contributed by atoms with E-state index in [-0.39, 0.29) is 11.0 Å². The summed E-state index contributed by atoms with van der Waals surface area (Å²) >= 11 is 3.46. The molecule has 1 aliphatic rings. The van der Waals surface area contributed by atoms with Crippen molar-refractivity contribution in [2.45, 2.75) is 45.1 Å². The fraction of sp³-hybridized carbons (Fsp3) is 0.233. The van der Waals surface area contributed by atoms with Crippen LogP contribution in [0, 0.1) is 0 Å². The smallest absolute Gasteiger partial charge is 0.259 e. The lowest BCUT2D eigenvalue weighted by Crippen LogP contribution is -2.40. The minimum absolute atomic E-state index is 0.0103. The first kappa shape index (κ1) is 24.2. The molecular formula is C30H29BrN4O. The molecule has 0 aliphatic heterocycles. The maximum absolute atomic E-state index is 14.1. The van der Waals surface area contributed by atoms with Crippen molar-refractivity contribution in [2.75, 3.05) is 5.43 Å². The van der Waals surface area contributed by atoms with Crippen molar-refractivity contribution >= 4 is 28.1 Å². The standard InChI is InChI=1S/C30H29BrN4O/c1-3-30(2)19-23-11-7-8-12-25(23)27-26(30)28(36)35(18-17-21-9-5-4-6-10-21)29(33-27)34-32-20-22-13-15-24(31)16-14-22/h4-16,20H,3,17-19H2,1-2H3,(H,33,34). The molecule has 1 aromatic heterocycles. The number of halogens is 1. The van der Waals surface area contributed by atoms with Crippen molar-refractivity contribution in [3.05, 3.63) is 116 Å². The van der Waals surface area contributed by atoms with E-state index < -0.39 is 0 Å². The topological polar surface area (TPSA) is 59.3 Å².